The van der Waals surface area contributed by atoms with E-state index >= 15 is 0 Å². The van der Waals surface area contributed by atoms with Crippen LogP contribution in [0.5, 0.6) is 0 Å². The fourth-order valence-electron chi connectivity index (χ4n) is 2.01. The second kappa shape index (κ2) is 6.47. The number of rotatable bonds is 6. The number of nitrogens with one attached hydrogen (secondary N) is 1. The first kappa shape index (κ1) is 14.5. The molecule has 5 nitrogen and oxygen atoms in total. The van der Waals surface area contributed by atoms with Crippen LogP contribution in [0.3, 0.4) is 0 Å². The molecule has 0 radical (unpaired) electrons. The van der Waals surface area contributed by atoms with Crippen LogP contribution in [0.2, 0.25) is 0 Å². The van der Waals surface area contributed by atoms with Gasteiger partial charge in [0.2, 0.25) is 0 Å². The lowest BCUT2D eigenvalue weighted by molar-refractivity contribution is -0.133. The topological polar surface area (TPSA) is 71.3 Å². The van der Waals surface area contributed by atoms with E-state index in [1.807, 2.05) is 42.1 Å². The van der Waals surface area contributed by atoms with Gasteiger partial charge >= 0.3 is 5.97 Å². The Balaban J connectivity index is 1.96. The van der Waals surface area contributed by atoms with E-state index in [0.29, 0.717) is 17.9 Å². The lowest BCUT2D eigenvalue weighted by atomic mass is 10.1. The minimum absolute atomic E-state index is 0.0597. The summed E-state index contributed by atoms with van der Waals surface area (Å²) in [6, 6.07) is 7.73. The number of hydrogen-bond acceptors (Lipinski definition) is 3. The van der Waals surface area contributed by atoms with Crippen molar-refractivity contribution in [3.05, 3.63) is 36.0 Å². The Kier molecular flexibility index (Phi) is 4.68. The van der Waals surface area contributed by atoms with Gasteiger partial charge in [-0.05, 0) is 6.07 Å². The van der Waals surface area contributed by atoms with Crippen LogP contribution >= 0.6 is 11.8 Å². The van der Waals surface area contributed by atoms with Crippen molar-refractivity contribution >= 4 is 34.5 Å². The summed E-state index contributed by atoms with van der Waals surface area (Å²) in [5.74, 6) is -0.319. The first-order valence-corrected chi connectivity index (χ1v) is 7.37. The molecule has 1 heterocycles. The molecule has 0 aliphatic heterocycles. The molecule has 0 spiro atoms. The summed E-state index contributed by atoms with van der Waals surface area (Å²) in [4.78, 5) is 22.5. The van der Waals surface area contributed by atoms with E-state index in [0.717, 1.165) is 10.9 Å². The van der Waals surface area contributed by atoms with Crippen LogP contribution in [0.25, 0.3) is 10.9 Å². The van der Waals surface area contributed by atoms with E-state index in [2.05, 4.69) is 5.32 Å². The van der Waals surface area contributed by atoms with Crippen LogP contribution in [0, 0.1) is 0 Å². The Morgan fingerprint density at radius 2 is 2.10 bits per heavy atom. The van der Waals surface area contributed by atoms with Gasteiger partial charge in [0.1, 0.15) is 0 Å². The molecule has 1 amide bonds. The van der Waals surface area contributed by atoms with E-state index < -0.39 is 5.97 Å². The molecule has 0 atom stereocenters. The molecule has 106 valence electrons. The number of carboxylic acid groups (broad SMARTS) is 1. The molecular formula is C14H16N2O3S. The minimum atomic E-state index is -0.838. The summed E-state index contributed by atoms with van der Waals surface area (Å²) < 4.78 is 1.92. The second-order valence-electron chi connectivity index (χ2n) is 4.37. The number of carbonyl (C=O) groups is 2. The summed E-state index contributed by atoms with van der Waals surface area (Å²) in [5, 5.41) is 12.2. The summed E-state index contributed by atoms with van der Waals surface area (Å²) in [5.41, 5.74) is 1.66. The molecule has 2 rings (SSSR count). The minimum Gasteiger partial charge on any atom is -0.481 e. The van der Waals surface area contributed by atoms with Crippen molar-refractivity contribution in [2.24, 2.45) is 7.05 Å². The van der Waals surface area contributed by atoms with Crippen LogP contribution in [0.1, 0.15) is 10.4 Å². The molecule has 2 aromatic rings. The summed E-state index contributed by atoms with van der Waals surface area (Å²) in [7, 11) is 1.90. The third-order valence-corrected chi connectivity index (χ3v) is 3.84. The lowest BCUT2D eigenvalue weighted by Crippen LogP contribution is -2.25. The van der Waals surface area contributed by atoms with Crippen molar-refractivity contribution in [1.82, 2.24) is 9.88 Å². The third-order valence-electron chi connectivity index (χ3n) is 2.90. The first-order valence-electron chi connectivity index (χ1n) is 6.21. The quantitative estimate of drug-likeness (QED) is 0.795. The number of carboxylic acids is 1. The smallest absolute Gasteiger partial charge is 0.313 e. The number of aryl methyl sites for hydroxylation is 1. The number of hydrogen-bond donors (Lipinski definition) is 2. The zero-order chi connectivity index (χ0) is 14.5. The van der Waals surface area contributed by atoms with Crippen LogP contribution in [0.15, 0.2) is 30.5 Å². The average molecular weight is 292 g/mol. The average Bonchev–Trinajstić information content (AvgIpc) is 2.76. The summed E-state index contributed by atoms with van der Waals surface area (Å²) >= 11 is 1.29. The molecule has 0 aliphatic carbocycles. The van der Waals surface area contributed by atoms with Gasteiger partial charge in [-0.1, -0.05) is 18.2 Å². The molecule has 0 saturated carbocycles. The Hall–Kier alpha value is -1.95. The fraction of sp³-hybridized carbons (Fsp3) is 0.286. The number of aromatic nitrogens is 1. The molecule has 0 saturated heterocycles. The molecule has 6 heteroatoms. The van der Waals surface area contributed by atoms with Gasteiger partial charge in [0.15, 0.2) is 0 Å². The van der Waals surface area contributed by atoms with E-state index in [-0.39, 0.29) is 11.7 Å². The van der Waals surface area contributed by atoms with E-state index in [1.54, 1.807) is 0 Å². The van der Waals surface area contributed by atoms with Gasteiger partial charge < -0.3 is 15.0 Å². The Labute approximate surface area is 121 Å². The predicted octanol–water partition coefficient (Wildman–Crippen LogP) is 1.73. The van der Waals surface area contributed by atoms with Crippen molar-refractivity contribution in [3.8, 4) is 0 Å². The fourth-order valence-corrected chi connectivity index (χ4v) is 2.58. The summed E-state index contributed by atoms with van der Waals surface area (Å²) in [6.07, 6.45) is 1.81. The largest absolute Gasteiger partial charge is 0.481 e. The number of fused-ring (bicyclic) bond motifs is 1. The number of thioether (sulfide) groups is 1. The van der Waals surface area contributed by atoms with Gasteiger partial charge in [-0.2, -0.15) is 0 Å². The van der Waals surface area contributed by atoms with Gasteiger partial charge in [-0.15, -0.1) is 11.8 Å². The normalized spacial score (nSPS) is 10.7. The lowest BCUT2D eigenvalue weighted by Gasteiger charge is -2.03. The molecular weight excluding hydrogens is 276 g/mol. The first-order chi connectivity index (χ1) is 9.59. The van der Waals surface area contributed by atoms with Crippen molar-refractivity contribution in [3.63, 3.8) is 0 Å². The van der Waals surface area contributed by atoms with Crippen molar-refractivity contribution in [2.45, 2.75) is 0 Å². The highest BCUT2D eigenvalue weighted by Gasteiger charge is 2.12. The highest BCUT2D eigenvalue weighted by Crippen LogP contribution is 2.19. The molecule has 1 aromatic heterocycles. The maximum Gasteiger partial charge on any atom is 0.313 e. The van der Waals surface area contributed by atoms with Gasteiger partial charge in [0.25, 0.3) is 5.91 Å². The van der Waals surface area contributed by atoms with E-state index in [1.165, 1.54) is 11.8 Å². The van der Waals surface area contributed by atoms with E-state index in [9.17, 15) is 9.59 Å². The SMILES string of the molecule is Cn1cc(C(=O)NCCSCC(=O)O)c2ccccc21. The zero-order valence-electron chi connectivity index (χ0n) is 11.1. The van der Waals surface area contributed by atoms with Crippen molar-refractivity contribution in [1.29, 1.82) is 0 Å². The Bertz CT molecular complexity index is 636. The van der Waals surface area contributed by atoms with Gasteiger partial charge in [0, 0.05) is 36.4 Å². The maximum absolute atomic E-state index is 12.1. The van der Waals surface area contributed by atoms with E-state index in [4.69, 9.17) is 5.11 Å². The Morgan fingerprint density at radius 1 is 1.35 bits per heavy atom. The predicted molar refractivity (Wildman–Crippen MR) is 80.2 cm³/mol. The van der Waals surface area contributed by atoms with Gasteiger partial charge in [-0.25, -0.2) is 0 Å². The molecule has 1 aromatic carbocycles. The number of amides is 1. The number of para-hydroxylation sites is 1. The summed E-state index contributed by atoms with van der Waals surface area (Å²) in [6.45, 7) is 0.458. The number of nitrogens with zero attached hydrogens (tertiary/aromatic N) is 1. The number of benzene rings is 1. The van der Waals surface area contributed by atoms with Crippen molar-refractivity contribution in [2.75, 3.05) is 18.1 Å². The monoisotopic (exact) mass is 292 g/mol. The molecule has 20 heavy (non-hydrogen) atoms. The molecule has 0 fully saturated rings. The zero-order valence-corrected chi connectivity index (χ0v) is 11.9. The van der Waals surface area contributed by atoms with Crippen LogP contribution in [-0.2, 0) is 11.8 Å². The highest BCUT2D eigenvalue weighted by atomic mass is 32.2. The van der Waals surface area contributed by atoms with Gasteiger partial charge in [-0.3, -0.25) is 9.59 Å². The van der Waals surface area contributed by atoms with Gasteiger partial charge in [0.05, 0.1) is 11.3 Å². The standard InChI is InChI=1S/C14H16N2O3S/c1-16-8-11(10-4-2-3-5-12(10)16)14(19)15-6-7-20-9-13(17)18/h2-5,8H,6-7,9H2,1H3,(H,15,19)(H,17,18). The Morgan fingerprint density at radius 3 is 2.85 bits per heavy atom. The third kappa shape index (κ3) is 3.33. The second-order valence-corrected chi connectivity index (χ2v) is 5.48. The highest BCUT2D eigenvalue weighted by molar-refractivity contribution is 7.99. The molecule has 0 bridgehead atoms. The van der Waals surface area contributed by atoms with Crippen molar-refractivity contribution < 1.29 is 14.7 Å². The molecule has 0 unspecified atom stereocenters. The van der Waals surface area contributed by atoms with Crippen LogP contribution < -0.4 is 5.32 Å². The molecule has 0 aliphatic rings. The molecule has 2 N–H and O–H groups in total. The van der Waals surface area contributed by atoms with Crippen LogP contribution in [-0.4, -0.2) is 39.6 Å². The maximum atomic E-state index is 12.1. The number of carbonyl (C=O) groups excluding carboxylic acids is 1. The van der Waals surface area contributed by atoms with Crippen LogP contribution in [0.4, 0.5) is 0 Å². The number of aliphatic carboxylic acids is 1.